The van der Waals surface area contributed by atoms with E-state index in [-0.39, 0.29) is 48.0 Å². The molecule has 5 fully saturated rings. The smallest absolute Gasteiger partial charge is 0.410 e. The second-order valence-electron chi connectivity index (χ2n) is 13.4. The van der Waals surface area contributed by atoms with Crippen molar-refractivity contribution < 1.29 is 38.4 Å². The Kier molecular flexibility index (Phi) is 6.77. The third-order valence-electron chi connectivity index (χ3n) is 11.7. The van der Waals surface area contributed by atoms with E-state index in [2.05, 4.69) is 13.8 Å². The minimum absolute atomic E-state index is 0.0581. The Morgan fingerprint density at radius 3 is 2.51 bits per heavy atom. The lowest BCUT2D eigenvalue weighted by atomic mass is 9.43. The molecular weight excluding hydrogens is 502 g/mol. The number of nitrogens with zero attached hydrogens (tertiary/aromatic N) is 1. The van der Waals surface area contributed by atoms with Crippen LogP contribution in [-0.2, 0) is 28.5 Å². The van der Waals surface area contributed by atoms with Crippen LogP contribution in [0.4, 0.5) is 4.79 Å². The van der Waals surface area contributed by atoms with Gasteiger partial charge in [-0.2, -0.15) is 0 Å². The van der Waals surface area contributed by atoms with E-state index in [4.69, 9.17) is 18.9 Å². The first-order valence-corrected chi connectivity index (χ1v) is 14.9. The highest BCUT2D eigenvalue weighted by molar-refractivity contribution is 5.85. The number of cyclic esters (lactones) is 1. The maximum absolute atomic E-state index is 12.7. The zero-order chi connectivity index (χ0) is 27.6. The Morgan fingerprint density at radius 1 is 1.05 bits per heavy atom. The molecule has 4 saturated carbocycles. The second-order valence-corrected chi connectivity index (χ2v) is 13.4. The van der Waals surface area contributed by atoms with Gasteiger partial charge in [0.1, 0.15) is 18.8 Å². The molecule has 1 N–H and O–H groups in total. The Hall–Kier alpha value is -2.13. The lowest BCUT2D eigenvalue weighted by molar-refractivity contribution is -0.208. The number of carbonyl (C=O) groups excluding carboxylic acids is 3. The van der Waals surface area contributed by atoms with Crippen molar-refractivity contribution in [3.63, 3.8) is 0 Å². The quantitative estimate of drug-likeness (QED) is 0.423. The van der Waals surface area contributed by atoms with Crippen molar-refractivity contribution in [1.29, 1.82) is 0 Å². The van der Waals surface area contributed by atoms with Gasteiger partial charge in [-0.15, -0.1) is 0 Å². The molecule has 0 aromatic rings. The average molecular weight is 546 g/mol. The van der Waals surface area contributed by atoms with E-state index >= 15 is 0 Å². The van der Waals surface area contributed by atoms with Gasteiger partial charge in [0, 0.05) is 43.8 Å². The molecule has 39 heavy (non-hydrogen) atoms. The Morgan fingerprint density at radius 2 is 1.82 bits per heavy atom. The Labute approximate surface area is 230 Å². The fourth-order valence-corrected chi connectivity index (χ4v) is 9.81. The summed E-state index contributed by atoms with van der Waals surface area (Å²) in [7, 11) is 0. The maximum atomic E-state index is 12.7. The topological polar surface area (TPSA) is 112 Å². The zero-order valence-corrected chi connectivity index (χ0v) is 23.5. The molecule has 9 heteroatoms. The Balaban J connectivity index is 1.21. The van der Waals surface area contributed by atoms with Crippen molar-refractivity contribution in [3.05, 3.63) is 11.6 Å². The summed E-state index contributed by atoms with van der Waals surface area (Å²) in [5.41, 5.74) is -0.614. The van der Waals surface area contributed by atoms with Crippen LogP contribution in [0.1, 0.15) is 72.1 Å². The van der Waals surface area contributed by atoms with Crippen LogP contribution in [0.5, 0.6) is 0 Å². The minimum atomic E-state index is -0.999. The van der Waals surface area contributed by atoms with Gasteiger partial charge >= 0.3 is 18.0 Å². The first-order chi connectivity index (χ1) is 18.5. The summed E-state index contributed by atoms with van der Waals surface area (Å²) >= 11 is 0. The fourth-order valence-electron chi connectivity index (χ4n) is 9.81. The van der Waals surface area contributed by atoms with Crippen molar-refractivity contribution in [1.82, 2.24) is 4.90 Å². The van der Waals surface area contributed by atoms with Crippen molar-refractivity contribution in [2.24, 2.45) is 34.5 Å². The largest absolute Gasteiger partial charge is 0.462 e. The summed E-state index contributed by atoms with van der Waals surface area (Å²) in [6.07, 6.45) is 7.52. The van der Waals surface area contributed by atoms with Crippen LogP contribution in [0.3, 0.4) is 0 Å². The molecule has 0 aromatic carbocycles. The molecule has 2 heterocycles. The van der Waals surface area contributed by atoms with Crippen molar-refractivity contribution in [3.8, 4) is 0 Å². The molecule has 1 saturated heterocycles. The van der Waals surface area contributed by atoms with Gasteiger partial charge in [0.2, 0.25) is 0 Å². The third-order valence-corrected chi connectivity index (χ3v) is 11.7. The molecule has 9 nitrogen and oxygen atoms in total. The van der Waals surface area contributed by atoms with E-state index < -0.39 is 17.1 Å². The van der Waals surface area contributed by atoms with Crippen molar-refractivity contribution in [2.45, 2.75) is 89.9 Å². The molecule has 0 aromatic heterocycles. The predicted molar refractivity (Wildman–Crippen MR) is 139 cm³/mol. The number of ether oxygens (including phenoxy) is 4. The van der Waals surface area contributed by atoms with Gasteiger partial charge in [0.05, 0.1) is 18.8 Å². The highest BCUT2D eigenvalue weighted by Crippen LogP contribution is 2.70. The highest BCUT2D eigenvalue weighted by atomic mass is 16.6. The van der Waals surface area contributed by atoms with Crippen LogP contribution < -0.4 is 0 Å². The molecule has 0 bridgehead atoms. The first-order valence-electron chi connectivity index (χ1n) is 14.9. The lowest BCUT2D eigenvalue weighted by Crippen LogP contribution is -2.62. The summed E-state index contributed by atoms with van der Waals surface area (Å²) in [5, 5.41) is 12.6. The standard InChI is InChI=1S/C30H43NO8/c1-18(32)38-24-16-30(35)23-5-4-20-15-21(39-27(34)31-10-12-36-13-11-31)6-8-28(20,2)22(23)7-9-29(30,3)26(24)19-14-25(33)37-17-19/h14,20-24,26,35H,4-13,15-17H2,1-3H3/t20-,21-,22-,23-,24-,26+,28-,29-,30-/m1/s1. The van der Waals surface area contributed by atoms with Gasteiger partial charge in [0.25, 0.3) is 0 Å². The summed E-state index contributed by atoms with van der Waals surface area (Å²) < 4.78 is 22.4. The highest BCUT2D eigenvalue weighted by Gasteiger charge is 2.71. The van der Waals surface area contributed by atoms with Crippen molar-refractivity contribution >= 4 is 18.0 Å². The van der Waals surface area contributed by atoms with Crippen LogP contribution in [-0.4, -0.2) is 78.8 Å². The van der Waals surface area contributed by atoms with E-state index in [0.717, 1.165) is 50.5 Å². The molecule has 6 rings (SSSR count). The molecule has 9 atom stereocenters. The summed E-state index contributed by atoms with van der Waals surface area (Å²) in [6, 6.07) is 0. The number of rotatable bonds is 3. The van der Waals surface area contributed by atoms with Gasteiger partial charge in [-0.05, 0) is 73.7 Å². The number of fused-ring (bicyclic) bond motifs is 5. The summed E-state index contributed by atoms with van der Waals surface area (Å²) in [6.45, 7) is 8.43. The monoisotopic (exact) mass is 545 g/mol. The minimum Gasteiger partial charge on any atom is -0.462 e. The van der Waals surface area contributed by atoms with Crippen LogP contribution >= 0.6 is 0 Å². The Bertz CT molecular complexity index is 1050. The van der Waals surface area contributed by atoms with Crippen LogP contribution in [0.15, 0.2) is 11.6 Å². The predicted octanol–water partition coefficient (Wildman–Crippen LogP) is 3.62. The van der Waals surface area contributed by atoms with Gasteiger partial charge in [0.15, 0.2) is 0 Å². The molecule has 6 aliphatic rings. The van der Waals surface area contributed by atoms with E-state index in [9.17, 15) is 19.5 Å². The molecule has 216 valence electrons. The van der Waals surface area contributed by atoms with Crippen LogP contribution in [0.25, 0.3) is 0 Å². The molecule has 0 unspecified atom stereocenters. The lowest BCUT2D eigenvalue weighted by Gasteiger charge is -2.63. The maximum Gasteiger partial charge on any atom is 0.410 e. The molecule has 0 spiro atoms. The van der Waals surface area contributed by atoms with E-state index in [1.54, 1.807) is 11.0 Å². The van der Waals surface area contributed by atoms with E-state index in [1.807, 2.05) is 0 Å². The number of hydrogen-bond acceptors (Lipinski definition) is 8. The second kappa shape index (κ2) is 9.75. The number of amides is 1. The molecule has 0 radical (unpaired) electrons. The zero-order valence-electron chi connectivity index (χ0n) is 23.5. The molecular formula is C30H43NO8. The number of morpholine rings is 1. The van der Waals surface area contributed by atoms with Gasteiger partial charge in [-0.25, -0.2) is 9.59 Å². The number of esters is 2. The third kappa shape index (κ3) is 4.30. The van der Waals surface area contributed by atoms with Crippen LogP contribution in [0, 0.1) is 34.5 Å². The van der Waals surface area contributed by atoms with E-state index in [0.29, 0.717) is 44.6 Å². The van der Waals surface area contributed by atoms with E-state index in [1.165, 1.54) is 6.92 Å². The number of carbonyl (C=O) groups is 3. The molecule has 1 amide bonds. The fraction of sp³-hybridized carbons (Fsp3) is 0.833. The number of aliphatic hydroxyl groups is 1. The SMILES string of the molecule is CC(=O)O[C@@H]1C[C@@]2(O)[C@@H]3CC[C@@H]4C[C@H](OC(=O)N5CCOCC5)CC[C@@]4(C)[C@@H]3CC[C@]2(C)[C@H]1C1=CC(=O)OC1. The van der Waals surface area contributed by atoms with Gasteiger partial charge in [-0.1, -0.05) is 13.8 Å². The van der Waals surface area contributed by atoms with Gasteiger partial charge in [-0.3, -0.25) is 4.79 Å². The average Bonchev–Trinajstić information content (AvgIpc) is 3.41. The van der Waals surface area contributed by atoms with Gasteiger partial charge < -0.3 is 29.0 Å². The summed E-state index contributed by atoms with van der Waals surface area (Å²) in [4.78, 5) is 38.6. The normalized spacial score (nSPS) is 45.4. The van der Waals surface area contributed by atoms with Crippen LogP contribution in [0.2, 0.25) is 0 Å². The first kappa shape index (κ1) is 27.1. The molecule has 2 aliphatic heterocycles. The summed E-state index contributed by atoms with van der Waals surface area (Å²) in [5.74, 6) is -0.0890. The number of hydrogen-bond donors (Lipinski definition) is 1. The van der Waals surface area contributed by atoms with Crippen molar-refractivity contribution in [2.75, 3.05) is 32.9 Å². The molecule has 4 aliphatic carbocycles.